The number of carbonyl (C=O) groups is 1. The highest BCUT2D eigenvalue weighted by molar-refractivity contribution is 5.73. The van der Waals surface area contributed by atoms with Crippen LogP contribution in [0.5, 0.6) is 5.75 Å². The molecule has 118 valence electrons. The molecule has 0 heterocycles. The molecule has 0 aliphatic heterocycles. The van der Waals surface area contributed by atoms with Gasteiger partial charge in [0.25, 0.3) is 0 Å². The van der Waals surface area contributed by atoms with Gasteiger partial charge in [-0.15, -0.1) is 0 Å². The maximum absolute atomic E-state index is 11.8. The summed E-state index contributed by atoms with van der Waals surface area (Å²) in [5, 5.41) is 5.71. The summed E-state index contributed by atoms with van der Waals surface area (Å²) < 4.78 is 5.25. The van der Waals surface area contributed by atoms with Crippen molar-refractivity contribution in [3.63, 3.8) is 0 Å². The molecule has 0 fully saturated rings. The quantitative estimate of drug-likeness (QED) is 0.773. The molecule has 5 nitrogen and oxygen atoms in total. The van der Waals surface area contributed by atoms with Crippen LogP contribution in [0.1, 0.15) is 25.8 Å². The van der Waals surface area contributed by atoms with Crippen LogP contribution in [0.25, 0.3) is 0 Å². The molecule has 1 rings (SSSR count). The molecule has 5 heteroatoms. The van der Waals surface area contributed by atoms with E-state index in [1.807, 2.05) is 24.3 Å². The smallest absolute Gasteiger partial charge is 0.315 e. The van der Waals surface area contributed by atoms with Gasteiger partial charge in [-0.25, -0.2) is 4.79 Å². The van der Waals surface area contributed by atoms with Crippen molar-refractivity contribution in [2.24, 2.45) is 0 Å². The summed E-state index contributed by atoms with van der Waals surface area (Å²) >= 11 is 0. The van der Waals surface area contributed by atoms with E-state index in [4.69, 9.17) is 4.74 Å². The first kappa shape index (κ1) is 17.3. The van der Waals surface area contributed by atoms with E-state index in [0.717, 1.165) is 24.3 Å². The fraction of sp³-hybridized carbons (Fsp3) is 0.562. The van der Waals surface area contributed by atoms with Gasteiger partial charge in [0, 0.05) is 31.2 Å². The van der Waals surface area contributed by atoms with Crippen LogP contribution in [-0.2, 0) is 6.54 Å². The fourth-order valence-electron chi connectivity index (χ4n) is 1.96. The number of para-hydroxylation sites is 1. The minimum absolute atomic E-state index is 0.154. The van der Waals surface area contributed by atoms with Gasteiger partial charge in [-0.05, 0) is 26.5 Å². The Balaban J connectivity index is 2.28. The lowest BCUT2D eigenvalue weighted by Gasteiger charge is -2.23. The molecular formula is C16H27N3O2. The summed E-state index contributed by atoms with van der Waals surface area (Å²) in [4.78, 5) is 14.0. The van der Waals surface area contributed by atoms with Gasteiger partial charge in [0.05, 0.1) is 7.11 Å². The van der Waals surface area contributed by atoms with Gasteiger partial charge >= 0.3 is 6.03 Å². The van der Waals surface area contributed by atoms with E-state index in [9.17, 15) is 4.79 Å². The van der Waals surface area contributed by atoms with Crippen LogP contribution in [0.2, 0.25) is 0 Å². The molecule has 0 aliphatic carbocycles. The summed E-state index contributed by atoms with van der Waals surface area (Å²) in [6, 6.07) is 8.04. The predicted octanol–water partition coefficient (Wildman–Crippen LogP) is 2.22. The number of likely N-dealkylation sites (N-methyl/N-ethyl adjacent to an activating group) is 1. The van der Waals surface area contributed by atoms with Gasteiger partial charge in [0.15, 0.2) is 0 Å². The molecule has 0 aliphatic rings. The number of ether oxygens (including phenoxy) is 1. The van der Waals surface area contributed by atoms with Crippen molar-refractivity contribution < 1.29 is 9.53 Å². The normalized spacial score (nSPS) is 12.0. The van der Waals surface area contributed by atoms with Gasteiger partial charge < -0.3 is 20.3 Å². The van der Waals surface area contributed by atoms with Crippen LogP contribution in [-0.4, -0.2) is 44.2 Å². The molecule has 0 radical (unpaired) electrons. The Morgan fingerprint density at radius 1 is 1.33 bits per heavy atom. The number of carbonyl (C=O) groups excluding carboxylic acids is 1. The van der Waals surface area contributed by atoms with Crippen molar-refractivity contribution in [1.29, 1.82) is 0 Å². The van der Waals surface area contributed by atoms with Gasteiger partial charge in [-0.3, -0.25) is 0 Å². The first-order chi connectivity index (χ1) is 10.1. The third-order valence-corrected chi connectivity index (χ3v) is 3.73. The standard InChI is InChI=1S/C16H27N3O2/c1-5-13(2)19(3)11-10-17-16(20)18-12-14-8-6-7-9-15(14)21-4/h6-9,13H,5,10-12H2,1-4H3,(H2,17,18,20)/t13-/m0/s1. The van der Waals surface area contributed by atoms with Gasteiger partial charge in [-0.1, -0.05) is 25.1 Å². The maximum Gasteiger partial charge on any atom is 0.315 e. The average Bonchev–Trinajstić information content (AvgIpc) is 2.52. The van der Waals surface area contributed by atoms with Crippen LogP contribution in [0.15, 0.2) is 24.3 Å². The molecule has 2 N–H and O–H groups in total. The van der Waals surface area contributed by atoms with Crippen molar-refractivity contribution in [2.75, 3.05) is 27.2 Å². The Hall–Kier alpha value is -1.75. The molecule has 0 saturated carbocycles. The molecule has 21 heavy (non-hydrogen) atoms. The minimum Gasteiger partial charge on any atom is -0.496 e. The monoisotopic (exact) mass is 293 g/mol. The Kier molecular flexibility index (Phi) is 7.61. The van der Waals surface area contributed by atoms with E-state index in [0.29, 0.717) is 19.1 Å². The van der Waals surface area contributed by atoms with Crippen LogP contribution in [0.3, 0.4) is 0 Å². The number of benzene rings is 1. The van der Waals surface area contributed by atoms with Crippen molar-refractivity contribution >= 4 is 6.03 Å². The second-order valence-corrected chi connectivity index (χ2v) is 5.16. The summed E-state index contributed by atoms with van der Waals surface area (Å²) in [6.07, 6.45) is 1.11. The molecule has 1 aromatic rings. The second-order valence-electron chi connectivity index (χ2n) is 5.16. The van der Waals surface area contributed by atoms with E-state index in [-0.39, 0.29) is 6.03 Å². The van der Waals surface area contributed by atoms with Crippen molar-refractivity contribution in [3.8, 4) is 5.75 Å². The lowest BCUT2D eigenvalue weighted by atomic mass is 10.2. The van der Waals surface area contributed by atoms with Crippen LogP contribution < -0.4 is 15.4 Å². The zero-order chi connectivity index (χ0) is 15.7. The first-order valence-corrected chi connectivity index (χ1v) is 7.42. The number of urea groups is 1. The van der Waals surface area contributed by atoms with E-state index >= 15 is 0 Å². The summed E-state index contributed by atoms with van der Waals surface area (Å²) in [5.74, 6) is 0.786. The third kappa shape index (κ3) is 6.04. The van der Waals surface area contributed by atoms with Gasteiger partial charge in [0.2, 0.25) is 0 Å². The molecule has 0 aromatic heterocycles. The Labute approximate surface area is 127 Å². The minimum atomic E-state index is -0.154. The number of hydrogen-bond acceptors (Lipinski definition) is 3. The Morgan fingerprint density at radius 3 is 2.71 bits per heavy atom. The first-order valence-electron chi connectivity index (χ1n) is 7.42. The van der Waals surface area contributed by atoms with Gasteiger partial charge in [-0.2, -0.15) is 0 Å². The second kappa shape index (κ2) is 9.23. The topological polar surface area (TPSA) is 53.6 Å². The van der Waals surface area contributed by atoms with Gasteiger partial charge in [0.1, 0.15) is 5.75 Å². The molecule has 0 unspecified atom stereocenters. The zero-order valence-corrected chi connectivity index (χ0v) is 13.5. The lowest BCUT2D eigenvalue weighted by molar-refractivity contribution is 0.230. The van der Waals surface area contributed by atoms with E-state index in [2.05, 4.69) is 36.4 Å². The Morgan fingerprint density at radius 2 is 2.05 bits per heavy atom. The summed E-state index contributed by atoms with van der Waals surface area (Å²) in [6.45, 7) is 6.28. The van der Waals surface area contributed by atoms with Crippen molar-refractivity contribution in [1.82, 2.24) is 15.5 Å². The number of amides is 2. The van der Waals surface area contributed by atoms with Crippen molar-refractivity contribution in [2.45, 2.75) is 32.9 Å². The number of nitrogens with one attached hydrogen (secondary N) is 2. The zero-order valence-electron chi connectivity index (χ0n) is 13.5. The highest BCUT2D eigenvalue weighted by Gasteiger charge is 2.07. The third-order valence-electron chi connectivity index (χ3n) is 3.73. The molecule has 0 saturated heterocycles. The van der Waals surface area contributed by atoms with E-state index < -0.39 is 0 Å². The summed E-state index contributed by atoms with van der Waals surface area (Å²) in [5.41, 5.74) is 0.965. The number of hydrogen-bond donors (Lipinski definition) is 2. The molecule has 1 atom stereocenters. The number of methoxy groups -OCH3 is 1. The van der Waals surface area contributed by atoms with Crippen LogP contribution in [0, 0.1) is 0 Å². The predicted molar refractivity (Wildman–Crippen MR) is 85.6 cm³/mol. The summed E-state index contributed by atoms with van der Waals surface area (Å²) in [7, 11) is 3.70. The average molecular weight is 293 g/mol. The molecule has 2 amide bonds. The van der Waals surface area contributed by atoms with Crippen LogP contribution >= 0.6 is 0 Å². The molecule has 0 bridgehead atoms. The lowest BCUT2D eigenvalue weighted by Crippen LogP contribution is -2.41. The highest BCUT2D eigenvalue weighted by atomic mass is 16.5. The van der Waals surface area contributed by atoms with E-state index in [1.165, 1.54) is 0 Å². The fourth-order valence-corrected chi connectivity index (χ4v) is 1.96. The highest BCUT2D eigenvalue weighted by Crippen LogP contribution is 2.16. The molecular weight excluding hydrogens is 266 g/mol. The Bertz CT molecular complexity index is 437. The SMILES string of the molecule is CC[C@H](C)N(C)CCNC(=O)NCc1ccccc1OC. The molecule has 1 aromatic carbocycles. The number of nitrogens with zero attached hydrogens (tertiary/aromatic N) is 1. The largest absolute Gasteiger partial charge is 0.496 e. The van der Waals surface area contributed by atoms with Crippen LogP contribution in [0.4, 0.5) is 4.79 Å². The number of rotatable bonds is 8. The maximum atomic E-state index is 11.8. The van der Waals surface area contributed by atoms with Crippen molar-refractivity contribution in [3.05, 3.63) is 29.8 Å². The van der Waals surface area contributed by atoms with E-state index in [1.54, 1.807) is 7.11 Å². The molecule has 0 spiro atoms.